The van der Waals surface area contributed by atoms with Gasteiger partial charge in [0.15, 0.2) is 0 Å². The van der Waals surface area contributed by atoms with Crippen LogP contribution in [-0.4, -0.2) is 4.57 Å². The Morgan fingerprint density at radius 2 is 1.29 bits per heavy atom. The van der Waals surface area contributed by atoms with Crippen LogP contribution in [0.2, 0.25) is 0 Å². The summed E-state index contributed by atoms with van der Waals surface area (Å²) in [6.07, 6.45) is 0. The first-order valence-electron chi connectivity index (χ1n) is 8.58. The summed E-state index contributed by atoms with van der Waals surface area (Å²) in [5.41, 5.74) is 2.66. The Hall–Kier alpha value is -2.80. The van der Waals surface area contributed by atoms with Crippen molar-refractivity contribution in [1.29, 1.82) is 0 Å². The van der Waals surface area contributed by atoms with Gasteiger partial charge < -0.3 is 4.57 Å². The first-order valence-corrected chi connectivity index (χ1v) is 8.58. The van der Waals surface area contributed by atoms with Crippen LogP contribution in [0.4, 0.5) is 0 Å². The molecule has 116 valence electrons. The summed E-state index contributed by atoms with van der Waals surface area (Å²) in [4.78, 5) is 0. The Balaban J connectivity index is 2.11. The molecule has 5 aromatic rings. The van der Waals surface area contributed by atoms with Crippen LogP contribution in [0, 0.1) is 0 Å². The minimum Gasteiger partial charge on any atom is -0.338 e. The molecule has 0 fully saturated rings. The molecule has 1 nitrogen and oxygen atoms in total. The van der Waals surface area contributed by atoms with E-state index in [1.54, 1.807) is 0 Å². The summed E-state index contributed by atoms with van der Waals surface area (Å²) >= 11 is 0. The molecule has 5 rings (SSSR count). The molecule has 0 spiro atoms. The molecule has 0 bridgehead atoms. The first-order chi connectivity index (χ1) is 11.7. The number of fused-ring (bicyclic) bond motifs is 6. The van der Waals surface area contributed by atoms with E-state index in [1.165, 1.54) is 43.4 Å². The van der Waals surface area contributed by atoms with Crippen molar-refractivity contribution >= 4 is 43.4 Å². The van der Waals surface area contributed by atoms with Crippen LogP contribution in [0.1, 0.15) is 19.9 Å². The molecular weight excluding hydrogens is 290 g/mol. The van der Waals surface area contributed by atoms with Crippen molar-refractivity contribution < 1.29 is 0 Å². The highest BCUT2D eigenvalue weighted by Crippen LogP contribution is 2.38. The maximum atomic E-state index is 2.48. The zero-order chi connectivity index (χ0) is 16.3. The Morgan fingerprint density at radius 3 is 2.04 bits per heavy atom. The second-order valence-corrected chi connectivity index (χ2v) is 6.86. The highest BCUT2D eigenvalue weighted by molar-refractivity contribution is 6.22. The lowest BCUT2D eigenvalue weighted by Crippen LogP contribution is -1.99. The van der Waals surface area contributed by atoms with E-state index in [4.69, 9.17) is 0 Å². The molecule has 1 heterocycles. The molecular formula is C23H19N. The Morgan fingerprint density at radius 1 is 0.625 bits per heavy atom. The van der Waals surface area contributed by atoms with E-state index in [0.717, 1.165) is 0 Å². The monoisotopic (exact) mass is 309 g/mol. The smallest absolute Gasteiger partial charge is 0.0500 e. The average Bonchev–Trinajstić information content (AvgIpc) is 2.93. The summed E-state index contributed by atoms with van der Waals surface area (Å²) in [6.45, 7) is 4.53. The summed E-state index contributed by atoms with van der Waals surface area (Å²) in [6, 6.07) is 27.0. The van der Waals surface area contributed by atoms with Crippen molar-refractivity contribution in [2.75, 3.05) is 0 Å². The number of rotatable bonds is 1. The molecule has 0 atom stereocenters. The minimum atomic E-state index is 0.423. The lowest BCUT2D eigenvalue weighted by atomic mass is 10.0. The highest BCUT2D eigenvalue weighted by Gasteiger charge is 2.15. The standard InChI is InChI=1S/C23H19N/c1-15(2)24-21-12-11-16-7-5-6-10-19(16)23(21)20-13-17-8-3-4-9-18(17)14-22(20)24/h3-15H,1-2H3. The van der Waals surface area contributed by atoms with Crippen molar-refractivity contribution in [3.63, 3.8) is 0 Å². The van der Waals surface area contributed by atoms with Crippen molar-refractivity contribution in [3.8, 4) is 0 Å². The van der Waals surface area contributed by atoms with E-state index in [9.17, 15) is 0 Å². The normalized spacial score (nSPS) is 12.1. The van der Waals surface area contributed by atoms with Crippen LogP contribution in [0.5, 0.6) is 0 Å². The van der Waals surface area contributed by atoms with Gasteiger partial charge in [0.2, 0.25) is 0 Å². The molecule has 0 unspecified atom stereocenters. The number of benzene rings is 4. The molecule has 0 amide bonds. The number of hydrogen-bond acceptors (Lipinski definition) is 0. The van der Waals surface area contributed by atoms with Crippen LogP contribution < -0.4 is 0 Å². The zero-order valence-electron chi connectivity index (χ0n) is 14.0. The quantitative estimate of drug-likeness (QED) is 0.325. The van der Waals surface area contributed by atoms with Crippen molar-refractivity contribution in [3.05, 3.63) is 72.8 Å². The van der Waals surface area contributed by atoms with Gasteiger partial charge in [-0.1, -0.05) is 54.6 Å². The predicted octanol–water partition coefficient (Wildman–Crippen LogP) is 6.68. The Labute approximate surface area is 141 Å². The van der Waals surface area contributed by atoms with E-state index in [-0.39, 0.29) is 0 Å². The largest absolute Gasteiger partial charge is 0.338 e. The maximum Gasteiger partial charge on any atom is 0.0500 e. The topological polar surface area (TPSA) is 4.93 Å². The second kappa shape index (κ2) is 4.85. The van der Waals surface area contributed by atoms with Crippen LogP contribution in [-0.2, 0) is 0 Å². The summed E-state index contributed by atoms with van der Waals surface area (Å²) in [5, 5.41) is 7.99. The Kier molecular flexibility index (Phi) is 2.75. The summed E-state index contributed by atoms with van der Waals surface area (Å²) in [7, 11) is 0. The third kappa shape index (κ3) is 1.75. The zero-order valence-corrected chi connectivity index (χ0v) is 14.0. The van der Waals surface area contributed by atoms with Gasteiger partial charge in [0, 0.05) is 27.8 Å². The molecule has 0 aliphatic rings. The highest BCUT2D eigenvalue weighted by atomic mass is 15.0. The fourth-order valence-electron chi connectivity index (χ4n) is 4.06. The molecule has 4 aromatic carbocycles. The van der Waals surface area contributed by atoms with Crippen LogP contribution in [0.3, 0.4) is 0 Å². The van der Waals surface area contributed by atoms with Gasteiger partial charge in [-0.15, -0.1) is 0 Å². The van der Waals surface area contributed by atoms with Crippen molar-refractivity contribution in [2.45, 2.75) is 19.9 Å². The van der Waals surface area contributed by atoms with Gasteiger partial charge in [0.1, 0.15) is 0 Å². The number of hydrogen-bond donors (Lipinski definition) is 0. The molecule has 24 heavy (non-hydrogen) atoms. The second-order valence-electron chi connectivity index (χ2n) is 6.86. The first kappa shape index (κ1) is 13.6. The molecule has 0 N–H and O–H groups in total. The van der Waals surface area contributed by atoms with E-state index < -0.39 is 0 Å². The van der Waals surface area contributed by atoms with Gasteiger partial charge >= 0.3 is 0 Å². The summed E-state index contributed by atoms with van der Waals surface area (Å²) < 4.78 is 2.48. The average molecular weight is 309 g/mol. The van der Waals surface area contributed by atoms with Gasteiger partial charge in [-0.3, -0.25) is 0 Å². The number of nitrogens with zero attached hydrogens (tertiary/aromatic N) is 1. The fourth-order valence-corrected chi connectivity index (χ4v) is 4.06. The van der Waals surface area contributed by atoms with E-state index in [1.807, 2.05) is 0 Å². The third-order valence-electron chi connectivity index (χ3n) is 5.08. The molecule has 0 aliphatic carbocycles. The predicted molar refractivity (Wildman–Crippen MR) is 105 cm³/mol. The SMILES string of the molecule is CC(C)n1c2cc3ccccc3cc2c2c3ccccc3ccc21. The van der Waals surface area contributed by atoms with Gasteiger partial charge in [0.25, 0.3) is 0 Å². The maximum absolute atomic E-state index is 2.48. The van der Waals surface area contributed by atoms with Gasteiger partial charge in [-0.25, -0.2) is 0 Å². The van der Waals surface area contributed by atoms with Crippen LogP contribution >= 0.6 is 0 Å². The van der Waals surface area contributed by atoms with E-state index >= 15 is 0 Å². The van der Waals surface area contributed by atoms with Crippen molar-refractivity contribution in [1.82, 2.24) is 4.57 Å². The lowest BCUT2D eigenvalue weighted by molar-refractivity contribution is 0.642. The molecule has 1 heteroatoms. The van der Waals surface area contributed by atoms with Crippen LogP contribution in [0.15, 0.2) is 72.8 Å². The summed E-state index contributed by atoms with van der Waals surface area (Å²) in [5.74, 6) is 0. The van der Waals surface area contributed by atoms with Gasteiger partial charge in [-0.05, 0) is 53.6 Å². The van der Waals surface area contributed by atoms with Crippen molar-refractivity contribution in [2.24, 2.45) is 0 Å². The minimum absolute atomic E-state index is 0.423. The fraction of sp³-hybridized carbons (Fsp3) is 0.130. The van der Waals surface area contributed by atoms with Gasteiger partial charge in [-0.2, -0.15) is 0 Å². The molecule has 0 radical (unpaired) electrons. The Bertz CT molecular complexity index is 1220. The third-order valence-corrected chi connectivity index (χ3v) is 5.08. The van der Waals surface area contributed by atoms with E-state index in [2.05, 4.69) is 91.2 Å². The van der Waals surface area contributed by atoms with Gasteiger partial charge in [0.05, 0.1) is 0 Å². The van der Waals surface area contributed by atoms with Crippen LogP contribution in [0.25, 0.3) is 43.4 Å². The molecule has 0 aliphatic heterocycles. The molecule has 0 saturated heterocycles. The molecule has 1 aromatic heterocycles. The van der Waals surface area contributed by atoms with E-state index in [0.29, 0.717) is 6.04 Å². The lowest BCUT2D eigenvalue weighted by Gasteiger charge is -2.12. The number of aromatic nitrogens is 1. The molecule has 0 saturated carbocycles.